The summed E-state index contributed by atoms with van der Waals surface area (Å²) in [6, 6.07) is 8.50. The lowest BCUT2D eigenvalue weighted by molar-refractivity contribution is 1.07. The number of nitrogens with zero attached hydrogens (tertiary/aromatic N) is 2. The van der Waals surface area contributed by atoms with Gasteiger partial charge in [0.05, 0.1) is 6.20 Å². The van der Waals surface area contributed by atoms with Gasteiger partial charge in [0.2, 0.25) is 5.95 Å². The molecule has 0 saturated carbocycles. The maximum Gasteiger partial charge on any atom is 0.224 e. The standard InChI is InChI=1S/C14H17ClN4/c1-3-10-4-6-11(7-5-10)8-17-13-12(15)9-18-14(16-2)19-13/h4-7,9H,3,8H2,1-2H3,(H2,16,17,18,19). The molecule has 19 heavy (non-hydrogen) atoms. The lowest BCUT2D eigenvalue weighted by atomic mass is 10.1. The lowest BCUT2D eigenvalue weighted by Gasteiger charge is -2.09. The van der Waals surface area contributed by atoms with Crippen molar-refractivity contribution in [3.8, 4) is 0 Å². The molecular weight excluding hydrogens is 260 g/mol. The van der Waals surface area contributed by atoms with E-state index in [1.54, 1.807) is 13.2 Å². The van der Waals surface area contributed by atoms with Crippen LogP contribution in [0.5, 0.6) is 0 Å². The fourth-order valence-electron chi connectivity index (χ4n) is 1.69. The molecule has 0 aliphatic rings. The highest BCUT2D eigenvalue weighted by atomic mass is 35.5. The van der Waals surface area contributed by atoms with Crippen LogP contribution in [0.25, 0.3) is 0 Å². The third-order valence-electron chi connectivity index (χ3n) is 2.86. The van der Waals surface area contributed by atoms with Crippen LogP contribution in [0, 0.1) is 0 Å². The summed E-state index contributed by atoms with van der Waals surface area (Å²) >= 11 is 6.05. The van der Waals surface area contributed by atoms with Gasteiger partial charge in [-0.3, -0.25) is 0 Å². The molecule has 0 aliphatic heterocycles. The first-order valence-electron chi connectivity index (χ1n) is 6.25. The molecule has 1 aromatic heterocycles. The first-order valence-corrected chi connectivity index (χ1v) is 6.62. The van der Waals surface area contributed by atoms with Crippen LogP contribution in [0.4, 0.5) is 11.8 Å². The number of rotatable bonds is 5. The molecule has 1 aromatic carbocycles. The summed E-state index contributed by atoms with van der Waals surface area (Å²) in [6.45, 7) is 2.83. The molecule has 2 N–H and O–H groups in total. The molecule has 100 valence electrons. The van der Waals surface area contributed by atoms with E-state index in [4.69, 9.17) is 11.6 Å². The Bertz CT molecular complexity index is 540. The molecule has 0 fully saturated rings. The van der Waals surface area contributed by atoms with Gasteiger partial charge < -0.3 is 10.6 Å². The molecule has 0 amide bonds. The van der Waals surface area contributed by atoms with Crippen molar-refractivity contribution >= 4 is 23.4 Å². The van der Waals surface area contributed by atoms with Crippen LogP contribution in [0.3, 0.4) is 0 Å². The van der Waals surface area contributed by atoms with Gasteiger partial charge in [0.25, 0.3) is 0 Å². The minimum atomic E-state index is 0.518. The van der Waals surface area contributed by atoms with E-state index in [9.17, 15) is 0 Å². The lowest BCUT2D eigenvalue weighted by Crippen LogP contribution is -2.05. The Kier molecular flexibility index (Phi) is 4.58. The van der Waals surface area contributed by atoms with Crippen LogP contribution >= 0.6 is 11.6 Å². The second kappa shape index (κ2) is 6.38. The molecule has 0 atom stereocenters. The van der Waals surface area contributed by atoms with E-state index in [0.29, 0.717) is 23.3 Å². The third-order valence-corrected chi connectivity index (χ3v) is 3.14. The van der Waals surface area contributed by atoms with Gasteiger partial charge in [-0.1, -0.05) is 42.8 Å². The molecule has 0 bridgehead atoms. The second-order valence-corrected chi connectivity index (χ2v) is 4.57. The number of aromatic nitrogens is 2. The van der Waals surface area contributed by atoms with Gasteiger partial charge in [-0.15, -0.1) is 0 Å². The Hall–Kier alpha value is -1.81. The maximum atomic E-state index is 6.05. The normalized spacial score (nSPS) is 10.3. The average molecular weight is 277 g/mol. The van der Waals surface area contributed by atoms with Crippen LogP contribution in [-0.4, -0.2) is 17.0 Å². The highest BCUT2D eigenvalue weighted by Gasteiger charge is 2.04. The zero-order valence-corrected chi connectivity index (χ0v) is 11.8. The summed E-state index contributed by atoms with van der Waals surface area (Å²) in [4.78, 5) is 8.32. The van der Waals surface area contributed by atoms with Crippen molar-refractivity contribution in [1.82, 2.24) is 9.97 Å². The van der Waals surface area contributed by atoms with E-state index in [1.807, 2.05) is 0 Å². The molecule has 2 aromatic rings. The van der Waals surface area contributed by atoms with E-state index in [1.165, 1.54) is 11.1 Å². The monoisotopic (exact) mass is 276 g/mol. The molecule has 0 spiro atoms. The number of hydrogen-bond donors (Lipinski definition) is 2. The fraction of sp³-hybridized carbons (Fsp3) is 0.286. The Morgan fingerprint density at radius 2 is 1.84 bits per heavy atom. The first-order chi connectivity index (χ1) is 9.22. The van der Waals surface area contributed by atoms with Crippen molar-refractivity contribution in [2.45, 2.75) is 19.9 Å². The van der Waals surface area contributed by atoms with Crippen LogP contribution in [-0.2, 0) is 13.0 Å². The van der Waals surface area contributed by atoms with Crippen molar-refractivity contribution in [3.63, 3.8) is 0 Å². The van der Waals surface area contributed by atoms with Crippen LogP contribution in [0.15, 0.2) is 30.5 Å². The van der Waals surface area contributed by atoms with Gasteiger partial charge >= 0.3 is 0 Å². The largest absolute Gasteiger partial charge is 0.365 e. The predicted molar refractivity (Wildman–Crippen MR) is 79.7 cm³/mol. The number of benzene rings is 1. The molecule has 0 saturated heterocycles. The number of aryl methyl sites for hydroxylation is 1. The molecule has 4 nitrogen and oxygen atoms in total. The van der Waals surface area contributed by atoms with E-state index in [-0.39, 0.29) is 0 Å². The number of anilines is 2. The van der Waals surface area contributed by atoms with Crippen LogP contribution in [0.1, 0.15) is 18.1 Å². The van der Waals surface area contributed by atoms with Gasteiger partial charge in [0, 0.05) is 13.6 Å². The predicted octanol–water partition coefficient (Wildman–Crippen LogP) is 3.35. The molecule has 0 aliphatic carbocycles. The summed E-state index contributed by atoms with van der Waals surface area (Å²) in [7, 11) is 1.77. The molecule has 2 rings (SSSR count). The van der Waals surface area contributed by atoms with Gasteiger partial charge in [0.15, 0.2) is 5.82 Å². The van der Waals surface area contributed by atoms with Gasteiger partial charge in [-0.05, 0) is 17.5 Å². The zero-order chi connectivity index (χ0) is 13.7. The van der Waals surface area contributed by atoms with Crippen molar-refractivity contribution in [2.24, 2.45) is 0 Å². The van der Waals surface area contributed by atoms with Gasteiger partial charge in [-0.2, -0.15) is 4.98 Å². The van der Waals surface area contributed by atoms with Crippen LogP contribution in [0.2, 0.25) is 5.02 Å². The number of nitrogens with one attached hydrogen (secondary N) is 2. The smallest absolute Gasteiger partial charge is 0.224 e. The van der Waals surface area contributed by atoms with Crippen molar-refractivity contribution in [1.29, 1.82) is 0 Å². The van der Waals surface area contributed by atoms with Crippen LogP contribution < -0.4 is 10.6 Å². The topological polar surface area (TPSA) is 49.8 Å². The van der Waals surface area contributed by atoms with Crippen molar-refractivity contribution < 1.29 is 0 Å². The Balaban J connectivity index is 2.05. The summed E-state index contributed by atoms with van der Waals surface area (Å²) in [5.74, 6) is 1.19. The number of hydrogen-bond acceptors (Lipinski definition) is 4. The van der Waals surface area contributed by atoms with Gasteiger partial charge in [0.1, 0.15) is 5.02 Å². The van der Waals surface area contributed by atoms with E-state index in [2.05, 4.69) is 51.8 Å². The molecule has 1 heterocycles. The third kappa shape index (κ3) is 3.58. The molecule has 0 unspecified atom stereocenters. The second-order valence-electron chi connectivity index (χ2n) is 4.16. The maximum absolute atomic E-state index is 6.05. The average Bonchev–Trinajstić information content (AvgIpc) is 2.47. The van der Waals surface area contributed by atoms with E-state index < -0.39 is 0 Å². The summed E-state index contributed by atoms with van der Waals surface area (Å²) in [5.41, 5.74) is 2.53. The SMILES string of the molecule is CCc1ccc(CNc2nc(NC)ncc2Cl)cc1. The zero-order valence-electron chi connectivity index (χ0n) is 11.1. The Labute approximate surface area is 118 Å². The minimum Gasteiger partial charge on any atom is -0.365 e. The first kappa shape index (κ1) is 13.6. The fourth-order valence-corrected chi connectivity index (χ4v) is 1.85. The Morgan fingerprint density at radius 1 is 1.16 bits per heavy atom. The molecule has 5 heteroatoms. The van der Waals surface area contributed by atoms with Gasteiger partial charge in [-0.25, -0.2) is 4.98 Å². The highest BCUT2D eigenvalue weighted by Crippen LogP contribution is 2.20. The summed E-state index contributed by atoms with van der Waals surface area (Å²) < 4.78 is 0. The summed E-state index contributed by atoms with van der Waals surface area (Å²) in [5, 5.41) is 6.62. The number of halogens is 1. The minimum absolute atomic E-state index is 0.518. The summed E-state index contributed by atoms with van der Waals surface area (Å²) in [6.07, 6.45) is 2.64. The highest BCUT2D eigenvalue weighted by molar-refractivity contribution is 6.32. The molecular formula is C14H17ClN4. The Morgan fingerprint density at radius 3 is 2.47 bits per heavy atom. The van der Waals surface area contributed by atoms with E-state index >= 15 is 0 Å². The van der Waals surface area contributed by atoms with E-state index in [0.717, 1.165) is 6.42 Å². The van der Waals surface area contributed by atoms with Crippen molar-refractivity contribution in [2.75, 3.05) is 17.7 Å². The van der Waals surface area contributed by atoms with Crippen molar-refractivity contribution in [3.05, 3.63) is 46.6 Å². The molecule has 0 radical (unpaired) electrons. The quantitative estimate of drug-likeness (QED) is 0.879.